The number of para-hydroxylation sites is 1. The summed E-state index contributed by atoms with van der Waals surface area (Å²) >= 11 is 0. The van der Waals surface area contributed by atoms with Crippen LogP contribution < -0.4 is 5.32 Å². The molecule has 1 fully saturated rings. The van der Waals surface area contributed by atoms with Gasteiger partial charge in [0.2, 0.25) is 5.91 Å². The van der Waals surface area contributed by atoms with Crippen LogP contribution in [0.15, 0.2) is 24.3 Å². The Morgan fingerprint density at radius 1 is 1.33 bits per heavy atom. The van der Waals surface area contributed by atoms with E-state index in [9.17, 15) is 4.79 Å². The molecule has 1 amide bonds. The van der Waals surface area contributed by atoms with E-state index in [4.69, 9.17) is 4.74 Å². The average molecular weight is 328 g/mol. The Morgan fingerprint density at radius 3 is 2.79 bits per heavy atom. The number of benzene rings is 1. The molecule has 2 aromatic rings. The number of amides is 1. The van der Waals surface area contributed by atoms with Crippen LogP contribution in [-0.4, -0.2) is 33.8 Å². The Kier molecular flexibility index (Phi) is 5.25. The van der Waals surface area contributed by atoms with E-state index < -0.39 is 0 Å². The highest BCUT2D eigenvalue weighted by Crippen LogP contribution is 2.26. The van der Waals surface area contributed by atoms with Crippen LogP contribution in [0.5, 0.6) is 0 Å². The minimum Gasteiger partial charge on any atom is -0.368 e. The Morgan fingerprint density at radius 2 is 2.08 bits per heavy atom. The Bertz CT molecular complexity index is 690. The molecule has 1 saturated carbocycles. The van der Waals surface area contributed by atoms with Crippen molar-refractivity contribution in [1.82, 2.24) is 15.2 Å². The van der Waals surface area contributed by atoms with Crippen molar-refractivity contribution in [2.45, 2.75) is 51.6 Å². The summed E-state index contributed by atoms with van der Waals surface area (Å²) in [5.41, 5.74) is 1.50. The third-order valence-corrected chi connectivity index (χ3v) is 4.24. The zero-order chi connectivity index (χ0) is 16.9. The zero-order valence-corrected chi connectivity index (χ0v) is 14.2. The van der Waals surface area contributed by atoms with Crippen LogP contribution in [0.25, 0.3) is 11.4 Å². The van der Waals surface area contributed by atoms with Crippen molar-refractivity contribution in [3.05, 3.63) is 30.1 Å². The lowest BCUT2D eigenvalue weighted by Crippen LogP contribution is -2.22. The summed E-state index contributed by atoms with van der Waals surface area (Å²) in [6.45, 7) is 4.20. The molecule has 2 N–H and O–H groups in total. The highest BCUT2D eigenvalue weighted by molar-refractivity contribution is 5.95. The second kappa shape index (κ2) is 7.57. The number of hydrogen-bond acceptors (Lipinski definition) is 4. The van der Waals surface area contributed by atoms with E-state index in [1.165, 1.54) is 12.8 Å². The smallest absolute Gasteiger partial charge is 0.250 e. The summed E-state index contributed by atoms with van der Waals surface area (Å²) in [5.74, 6) is 1.55. The fourth-order valence-electron chi connectivity index (χ4n) is 2.87. The van der Waals surface area contributed by atoms with Crippen molar-refractivity contribution >= 4 is 11.6 Å². The molecule has 1 aliphatic rings. The van der Waals surface area contributed by atoms with Gasteiger partial charge >= 0.3 is 0 Å². The first-order chi connectivity index (χ1) is 11.6. The van der Waals surface area contributed by atoms with Crippen LogP contribution >= 0.6 is 0 Å². The highest BCUT2D eigenvalue weighted by Gasteiger charge is 2.18. The number of H-pyrrole nitrogens is 1. The molecule has 0 aliphatic heterocycles. The molecule has 0 atom stereocenters. The topological polar surface area (TPSA) is 79.9 Å². The lowest BCUT2D eigenvalue weighted by atomic mass is 10.1. The van der Waals surface area contributed by atoms with Crippen molar-refractivity contribution in [2.24, 2.45) is 0 Å². The Hall–Kier alpha value is -2.21. The van der Waals surface area contributed by atoms with E-state index >= 15 is 0 Å². The molecular weight excluding hydrogens is 304 g/mol. The van der Waals surface area contributed by atoms with Crippen molar-refractivity contribution in [3.8, 4) is 11.4 Å². The molecule has 0 spiro atoms. The van der Waals surface area contributed by atoms with Crippen molar-refractivity contribution in [1.29, 1.82) is 0 Å². The van der Waals surface area contributed by atoms with Gasteiger partial charge < -0.3 is 10.1 Å². The number of rotatable bonds is 6. The molecule has 128 valence electrons. The van der Waals surface area contributed by atoms with E-state index in [2.05, 4.69) is 34.3 Å². The first-order valence-corrected chi connectivity index (χ1v) is 8.56. The van der Waals surface area contributed by atoms with E-state index in [0.717, 1.165) is 24.2 Å². The number of ether oxygens (including phenoxy) is 1. The zero-order valence-electron chi connectivity index (χ0n) is 14.2. The first kappa shape index (κ1) is 16.6. The molecule has 1 heterocycles. The van der Waals surface area contributed by atoms with Gasteiger partial charge in [-0.25, -0.2) is 4.98 Å². The van der Waals surface area contributed by atoms with Gasteiger partial charge in [-0.2, -0.15) is 5.10 Å². The van der Waals surface area contributed by atoms with E-state index in [-0.39, 0.29) is 24.5 Å². The third-order valence-electron chi connectivity index (χ3n) is 4.24. The molecule has 1 aromatic heterocycles. The van der Waals surface area contributed by atoms with Crippen LogP contribution in [-0.2, 0) is 9.53 Å². The molecule has 6 nitrogen and oxygen atoms in total. The van der Waals surface area contributed by atoms with Crippen molar-refractivity contribution < 1.29 is 9.53 Å². The molecule has 6 heteroatoms. The standard InChI is InChI=1S/C18H24N4O2/c1-12(2)17-20-18(22-21-17)14-9-5-6-10-15(14)19-16(23)11-24-13-7-3-4-8-13/h5-6,9-10,12-13H,3-4,7-8,11H2,1-2H3,(H,19,23)(H,20,21,22). The number of nitrogens with one attached hydrogen (secondary N) is 2. The number of hydrogen-bond donors (Lipinski definition) is 2. The summed E-state index contributed by atoms with van der Waals surface area (Å²) in [4.78, 5) is 16.7. The molecule has 1 aliphatic carbocycles. The fraction of sp³-hybridized carbons (Fsp3) is 0.500. The molecule has 1 aromatic carbocycles. The predicted molar refractivity (Wildman–Crippen MR) is 92.7 cm³/mol. The molecule has 0 saturated heterocycles. The van der Waals surface area contributed by atoms with Gasteiger partial charge in [-0.05, 0) is 25.0 Å². The number of carbonyl (C=O) groups excluding carboxylic acids is 1. The summed E-state index contributed by atoms with van der Waals surface area (Å²) in [5, 5.41) is 10.1. The maximum absolute atomic E-state index is 12.2. The number of carbonyl (C=O) groups is 1. The largest absolute Gasteiger partial charge is 0.368 e. The lowest BCUT2D eigenvalue weighted by Gasteiger charge is -2.12. The van der Waals surface area contributed by atoms with Crippen molar-refractivity contribution in [3.63, 3.8) is 0 Å². The van der Waals surface area contributed by atoms with E-state index in [1.54, 1.807) is 0 Å². The molecule has 3 rings (SSSR count). The van der Waals surface area contributed by atoms with Gasteiger partial charge in [-0.15, -0.1) is 0 Å². The fourth-order valence-corrected chi connectivity index (χ4v) is 2.87. The molecule has 24 heavy (non-hydrogen) atoms. The van der Waals surface area contributed by atoms with E-state index in [0.29, 0.717) is 11.5 Å². The van der Waals surface area contributed by atoms with Crippen LogP contribution in [0.3, 0.4) is 0 Å². The predicted octanol–water partition coefficient (Wildman–Crippen LogP) is 3.49. The SMILES string of the molecule is CC(C)c1nc(-c2ccccc2NC(=O)COC2CCCC2)n[nH]1. The number of aromatic amines is 1. The minimum absolute atomic E-state index is 0.0875. The van der Waals surface area contributed by atoms with Crippen LogP contribution in [0, 0.1) is 0 Å². The van der Waals surface area contributed by atoms with Gasteiger partial charge in [-0.3, -0.25) is 9.89 Å². The molecular formula is C18H24N4O2. The average Bonchev–Trinajstić information content (AvgIpc) is 3.25. The third kappa shape index (κ3) is 4.00. The van der Waals surface area contributed by atoms with Gasteiger partial charge in [0.05, 0.1) is 11.8 Å². The molecule has 0 bridgehead atoms. The number of nitrogens with zero attached hydrogens (tertiary/aromatic N) is 2. The number of anilines is 1. The van der Waals surface area contributed by atoms with Gasteiger partial charge in [0.25, 0.3) is 0 Å². The second-order valence-corrected chi connectivity index (χ2v) is 6.51. The maximum Gasteiger partial charge on any atom is 0.250 e. The quantitative estimate of drug-likeness (QED) is 0.850. The first-order valence-electron chi connectivity index (χ1n) is 8.56. The van der Waals surface area contributed by atoms with Crippen LogP contribution in [0.4, 0.5) is 5.69 Å². The van der Waals surface area contributed by atoms with Gasteiger partial charge in [-0.1, -0.05) is 38.8 Å². The lowest BCUT2D eigenvalue weighted by molar-refractivity contribution is -0.122. The van der Waals surface area contributed by atoms with E-state index in [1.807, 2.05) is 24.3 Å². The van der Waals surface area contributed by atoms with Gasteiger partial charge in [0, 0.05) is 11.5 Å². The van der Waals surface area contributed by atoms with Gasteiger partial charge in [0.15, 0.2) is 5.82 Å². The number of aromatic nitrogens is 3. The normalized spacial score (nSPS) is 15.1. The summed E-state index contributed by atoms with van der Waals surface area (Å²) in [6.07, 6.45) is 4.72. The van der Waals surface area contributed by atoms with Gasteiger partial charge in [0.1, 0.15) is 12.4 Å². The van der Waals surface area contributed by atoms with Crippen LogP contribution in [0.2, 0.25) is 0 Å². The van der Waals surface area contributed by atoms with Crippen molar-refractivity contribution in [2.75, 3.05) is 11.9 Å². The van der Waals surface area contributed by atoms with Crippen LogP contribution in [0.1, 0.15) is 51.3 Å². The molecule has 0 radical (unpaired) electrons. The minimum atomic E-state index is -0.144. The second-order valence-electron chi connectivity index (χ2n) is 6.51. The Balaban J connectivity index is 1.67. The highest BCUT2D eigenvalue weighted by atomic mass is 16.5. The summed E-state index contributed by atoms with van der Waals surface area (Å²) < 4.78 is 5.67. The summed E-state index contributed by atoms with van der Waals surface area (Å²) in [6, 6.07) is 7.55. The summed E-state index contributed by atoms with van der Waals surface area (Å²) in [7, 11) is 0. The monoisotopic (exact) mass is 328 g/mol. The maximum atomic E-state index is 12.2. The molecule has 0 unspecified atom stereocenters. The Labute approximate surface area is 142 Å².